The average molecular weight is 605 g/mol. The molecule has 0 bridgehead atoms. The van der Waals surface area contributed by atoms with E-state index in [2.05, 4.69) is 23.5 Å². The molecule has 0 radical (unpaired) electrons. The van der Waals surface area contributed by atoms with Gasteiger partial charge in [-0.1, -0.05) is 75.3 Å². The molecular weight excluding hydrogens is 556 g/mol. The number of ether oxygens (including phenoxy) is 1. The lowest BCUT2D eigenvalue weighted by Gasteiger charge is -2.34. The fourth-order valence-electron chi connectivity index (χ4n) is 4.77. The van der Waals surface area contributed by atoms with Crippen LogP contribution in [0, 0.1) is 19.3 Å². The summed E-state index contributed by atoms with van der Waals surface area (Å²) >= 11 is 0. The highest BCUT2D eigenvalue weighted by molar-refractivity contribution is 5.99. The fourth-order valence-corrected chi connectivity index (χ4v) is 4.77. The molecule has 4 amide bonds. The molecule has 2 atom stereocenters. The molecule has 2 aromatic rings. The molecule has 4 N–H and O–H groups in total. The zero-order valence-electron chi connectivity index (χ0n) is 26.8. The van der Waals surface area contributed by atoms with E-state index in [-0.39, 0.29) is 19.4 Å². The smallest absolute Gasteiger partial charge is 0.408 e. The first-order valence-electron chi connectivity index (χ1n) is 15.4. The van der Waals surface area contributed by atoms with E-state index in [9.17, 15) is 19.2 Å². The number of anilines is 1. The Balaban J connectivity index is 2.55. The molecule has 0 saturated heterocycles. The Labute approximate surface area is 262 Å². The first kappa shape index (κ1) is 35.9. The molecule has 0 fully saturated rings. The van der Waals surface area contributed by atoms with Gasteiger partial charge in [0.1, 0.15) is 17.7 Å². The molecule has 9 heteroatoms. The van der Waals surface area contributed by atoms with Crippen LogP contribution < -0.4 is 16.4 Å². The van der Waals surface area contributed by atoms with Gasteiger partial charge in [-0.25, -0.2) is 4.79 Å². The number of para-hydroxylation sites is 1. The molecule has 0 aliphatic rings. The Morgan fingerprint density at radius 3 is 2.20 bits per heavy atom. The summed E-state index contributed by atoms with van der Waals surface area (Å²) in [4.78, 5) is 54.5. The first-order chi connectivity index (χ1) is 20.9. The third kappa shape index (κ3) is 12.1. The molecule has 2 unspecified atom stereocenters. The largest absolute Gasteiger partial charge is 0.444 e. The molecule has 9 nitrogen and oxygen atoms in total. The van der Waals surface area contributed by atoms with Crippen LogP contribution in [0.25, 0.3) is 0 Å². The van der Waals surface area contributed by atoms with Crippen LogP contribution in [0.2, 0.25) is 0 Å². The number of aryl methyl sites for hydroxylation is 1. The number of amides is 4. The molecule has 0 aliphatic carbocycles. The summed E-state index contributed by atoms with van der Waals surface area (Å²) in [5, 5.41) is 5.62. The summed E-state index contributed by atoms with van der Waals surface area (Å²) in [6.45, 7) is 9.41. The van der Waals surface area contributed by atoms with Crippen LogP contribution in [-0.4, -0.2) is 46.9 Å². The average Bonchev–Trinajstić information content (AvgIpc) is 2.96. The zero-order chi connectivity index (χ0) is 32.7. The second-order valence-electron chi connectivity index (χ2n) is 12.0. The van der Waals surface area contributed by atoms with Crippen molar-refractivity contribution in [2.45, 2.75) is 104 Å². The monoisotopic (exact) mass is 604 g/mol. The minimum atomic E-state index is -1.16. The van der Waals surface area contributed by atoms with Crippen LogP contribution >= 0.6 is 0 Å². The Kier molecular flexibility index (Phi) is 14.4. The first-order valence-corrected chi connectivity index (χ1v) is 15.4. The molecule has 0 spiro atoms. The highest BCUT2D eigenvalue weighted by Crippen LogP contribution is 2.27. The van der Waals surface area contributed by atoms with Gasteiger partial charge in [-0.2, -0.15) is 0 Å². The third-order valence-corrected chi connectivity index (χ3v) is 7.06. The van der Waals surface area contributed by atoms with E-state index in [0.29, 0.717) is 23.2 Å². The number of nitrogens with one attached hydrogen (secondary N) is 2. The van der Waals surface area contributed by atoms with Crippen molar-refractivity contribution < 1.29 is 23.9 Å². The molecule has 44 heavy (non-hydrogen) atoms. The second kappa shape index (κ2) is 17.7. The summed E-state index contributed by atoms with van der Waals surface area (Å²) in [5.74, 6) is 1.03. The molecule has 0 aliphatic heterocycles. The van der Waals surface area contributed by atoms with Gasteiger partial charge >= 0.3 is 6.09 Å². The topological polar surface area (TPSA) is 131 Å². The number of rotatable bonds is 16. The van der Waals surface area contributed by atoms with Crippen molar-refractivity contribution in [3.63, 3.8) is 0 Å². The van der Waals surface area contributed by atoms with E-state index >= 15 is 0 Å². The van der Waals surface area contributed by atoms with Crippen LogP contribution in [0.5, 0.6) is 0 Å². The van der Waals surface area contributed by atoms with Crippen molar-refractivity contribution in [1.29, 1.82) is 0 Å². The lowest BCUT2D eigenvalue weighted by Crippen LogP contribution is -2.52. The number of terminal acetylenes is 1. The predicted octanol–water partition coefficient (Wildman–Crippen LogP) is 6.00. The van der Waals surface area contributed by atoms with E-state index in [1.807, 2.05) is 25.1 Å². The number of hydrogen-bond acceptors (Lipinski definition) is 5. The number of carbonyl (C=O) groups excluding carboxylic acids is 4. The lowest BCUT2D eigenvalue weighted by molar-refractivity contribution is -0.141. The van der Waals surface area contributed by atoms with Crippen LogP contribution in [0.3, 0.4) is 0 Å². The van der Waals surface area contributed by atoms with Gasteiger partial charge in [-0.15, -0.1) is 6.42 Å². The maximum atomic E-state index is 14.4. The van der Waals surface area contributed by atoms with E-state index in [0.717, 1.165) is 37.7 Å². The van der Waals surface area contributed by atoms with Gasteiger partial charge in [-0.3, -0.25) is 14.4 Å². The van der Waals surface area contributed by atoms with Crippen LogP contribution in [-0.2, 0) is 19.1 Å². The maximum Gasteiger partial charge on any atom is 0.408 e. The van der Waals surface area contributed by atoms with E-state index in [1.165, 1.54) is 4.90 Å². The summed E-state index contributed by atoms with van der Waals surface area (Å²) in [6, 6.07) is 12.1. The van der Waals surface area contributed by atoms with Gasteiger partial charge < -0.3 is 26.0 Å². The zero-order valence-corrected chi connectivity index (χ0v) is 26.8. The van der Waals surface area contributed by atoms with Gasteiger partial charge in [0.05, 0.1) is 0 Å². The number of carbonyl (C=O) groups is 4. The SMILES string of the molecule is C#Cc1ccc(C(C(=O)Nc2ccccc2C)N(CCCCCCCC)C(=O)C(CCC(N)=O)NC(=O)OC(C)(C)C)cc1. The van der Waals surface area contributed by atoms with Crippen LogP contribution in [0.1, 0.15) is 102 Å². The van der Waals surface area contributed by atoms with E-state index in [4.69, 9.17) is 16.9 Å². The molecular formula is C35H48N4O5. The number of nitrogens with two attached hydrogens (primary N) is 1. The van der Waals surface area contributed by atoms with E-state index < -0.39 is 41.5 Å². The lowest BCUT2D eigenvalue weighted by atomic mass is 9.99. The highest BCUT2D eigenvalue weighted by Gasteiger charge is 2.36. The Bertz CT molecular complexity index is 1290. The molecule has 0 aromatic heterocycles. The molecule has 0 heterocycles. The highest BCUT2D eigenvalue weighted by atomic mass is 16.6. The van der Waals surface area contributed by atoms with Crippen molar-refractivity contribution >= 4 is 29.5 Å². The molecule has 2 aromatic carbocycles. The van der Waals surface area contributed by atoms with Gasteiger partial charge in [-0.05, 0) is 69.9 Å². The van der Waals surface area contributed by atoms with Crippen molar-refractivity contribution in [2.75, 3.05) is 11.9 Å². The standard InChI is InChI=1S/C35H48N4O5/c1-7-9-10-11-12-15-24-39(33(42)29(22-23-30(36)40)38-34(43)44-35(4,5)6)31(27-20-18-26(8-2)19-21-27)32(41)37-28-17-14-13-16-25(28)3/h2,13-14,16-21,29,31H,7,9-12,15,22-24H2,1,3-6H3,(H2,36,40)(H,37,41)(H,38,43). The fraction of sp³-hybridized carbons (Fsp3) is 0.486. The number of alkyl carbamates (subject to hydrolysis) is 1. The van der Waals surface area contributed by atoms with Crippen molar-refractivity contribution in [2.24, 2.45) is 5.73 Å². The summed E-state index contributed by atoms with van der Waals surface area (Å²) in [5.41, 5.74) is 7.28. The molecule has 238 valence electrons. The van der Waals surface area contributed by atoms with Gasteiger partial charge in [0.2, 0.25) is 11.8 Å². The quantitative estimate of drug-likeness (QED) is 0.160. The third-order valence-electron chi connectivity index (χ3n) is 7.06. The number of primary amides is 1. The Morgan fingerprint density at radius 2 is 1.61 bits per heavy atom. The maximum absolute atomic E-state index is 14.4. The minimum Gasteiger partial charge on any atom is -0.444 e. The summed E-state index contributed by atoms with van der Waals surface area (Å²) < 4.78 is 5.42. The van der Waals surface area contributed by atoms with Crippen molar-refractivity contribution in [3.05, 3.63) is 65.2 Å². The van der Waals surface area contributed by atoms with Gasteiger partial charge in [0, 0.05) is 24.2 Å². The number of unbranched alkanes of at least 4 members (excludes halogenated alkanes) is 5. The van der Waals surface area contributed by atoms with Gasteiger partial charge in [0.25, 0.3) is 5.91 Å². The number of hydrogen-bond donors (Lipinski definition) is 3. The number of benzene rings is 2. The minimum absolute atomic E-state index is 0.0530. The predicted molar refractivity (Wildman–Crippen MR) is 174 cm³/mol. The normalized spacial score (nSPS) is 12.4. The summed E-state index contributed by atoms with van der Waals surface area (Å²) in [6.07, 6.45) is 10.4. The Hall–Kier alpha value is -4.32. The van der Waals surface area contributed by atoms with Gasteiger partial charge in [0.15, 0.2) is 0 Å². The van der Waals surface area contributed by atoms with Crippen LogP contribution in [0.4, 0.5) is 10.5 Å². The molecule has 0 saturated carbocycles. The Morgan fingerprint density at radius 1 is 0.977 bits per heavy atom. The van der Waals surface area contributed by atoms with E-state index in [1.54, 1.807) is 51.1 Å². The number of nitrogens with zero attached hydrogens (tertiary/aromatic N) is 1. The van der Waals surface area contributed by atoms with Crippen molar-refractivity contribution in [1.82, 2.24) is 10.2 Å². The second-order valence-corrected chi connectivity index (χ2v) is 12.0. The van der Waals surface area contributed by atoms with Crippen LogP contribution in [0.15, 0.2) is 48.5 Å². The molecule has 2 rings (SSSR count). The van der Waals surface area contributed by atoms with Crippen molar-refractivity contribution in [3.8, 4) is 12.3 Å². The summed E-state index contributed by atoms with van der Waals surface area (Å²) in [7, 11) is 0.